The molecule has 6 nitrogen and oxygen atoms in total. The summed E-state index contributed by atoms with van der Waals surface area (Å²) in [5.74, 6) is -0.758. The SMILES string of the molecule is CC[C@@H](C(=O)NC1CCCC1)N(Cc1c(Cl)cccc1Cl)C(=O)CN1C(=O)c2cccc3cccc1c23. The normalized spacial score (nSPS) is 15.9. The van der Waals surface area contributed by atoms with Crippen LogP contribution >= 0.6 is 23.2 Å². The maximum Gasteiger partial charge on any atom is 0.259 e. The molecule has 1 heterocycles. The number of anilines is 1. The summed E-state index contributed by atoms with van der Waals surface area (Å²) in [6.45, 7) is 1.75. The minimum Gasteiger partial charge on any atom is -0.352 e. The Morgan fingerprint density at radius 2 is 1.68 bits per heavy atom. The van der Waals surface area contributed by atoms with Gasteiger partial charge in [0.05, 0.1) is 5.69 Å². The molecule has 0 saturated heterocycles. The first-order chi connectivity index (χ1) is 17.9. The number of rotatable bonds is 8. The summed E-state index contributed by atoms with van der Waals surface area (Å²) >= 11 is 12.9. The summed E-state index contributed by atoms with van der Waals surface area (Å²) in [4.78, 5) is 43.7. The lowest BCUT2D eigenvalue weighted by atomic mass is 10.1. The first kappa shape index (κ1) is 25.6. The van der Waals surface area contributed by atoms with Gasteiger partial charge in [-0.25, -0.2) is 0 Å². The first-order valence-corrected chi connectivity index (χ1v) is 13.5. The van der Waals surface area contributed by atoms with Gasteiger partial charge in [-0.15, -0.1) is 0 Å². The van der Waals surface area contributed by atoms with Crippen LogP contribution in [0.5, 0.6) is 0 Å². The average molecular weight is 538 g/mol. The van der Waals surface area contributed by atoms with Crippen LogP contribution in [-0.4, -0.2) is 41.2 Å². The molecule has 37 heavy (non-hydrogen) atoms. The summed E-state index contributed by atoms with van der Waals surface area (Å²) in [5.41, 5.74) is 1.85. The third-order valence-corrected chi connectivity index (χ3v) is 8.13. The maximum absolute atomic E-state index is 13.9. The molecular weight excluding hydrogens is 509 g/mol. The molecule has 1 fully saturated rings. The topological polar surface area (TPSA) is 69.7 Å². The van der Waals surface area contributed by atoms with Gasteiger partial charge < -0.3 is 10.2 Å². The van der Waals surface area contributed by atoms with Crippen molar-refractivity contribution in [2.75, 3.05) is 11.4 Å². The number of hydrogen-bond donors (Lipinski definition) is 1. The molecule has 0 spiro atoms. The lowest BCUT2D eigenvalue weighted by Gasteiger charge is -2.33. The fraction of sp³-hybridized carbons (Fsp3) is 0.345. The predicted molar refractivity (Wildman–Crippen MR) is 147 cm³/mol. The molecule has 2 aliphatic rings. The fourth-order valence-corrected chi connectivity index (χ4v) is 6.02. The molecule has 0 unspecified atom stereocenters. The Hall–Kier alpha value is -3.09. The van der Waals surface area contributed by atoms with Crippen molar-refractivity contribution in [2.45, 2.75) is 57.7 Å². The second-order valence-corrected chi connectivity index (χ2v) is 10.5. The molecule has 3 aromatic carbocycles. The Morgan fingerprint density at radius 3 is 2.35 bits per heavy atom. The predicted octanol–water partition coefficient (Wildman–Crippen LogP) is 5.97. The van der Waals surface area contributed by atoms with E-state index in [-0.39, 0.29) is 36.9 Å². The van der Waals surface area contributed by atoms with Gasteiger partial charge in [0, 0.05) is 39.1 Å². The Labute approximate surface area is 226 Å². The minimum absolute atomic E-state index is 0.0626. The number of hydrogen-bond acceptors (Lipinski definition) is 3. The van der Waals surface area contributed by atoms with Crippen molar-refractivity contribution in [1.29, 1.82) is 0 Å². The second kappa shape index (κ2) is 10.7. The molecule has 3 amide bonds. The van der Waals surface area contributed by atoms with Crippen molar-refractivity contribution in [2.24, 2.45) is 0 Å². The van der Waals surface area contributed by atoms with Gasteiger partial charge in [0.15, 0.2) is 0 Å². The summed E-state index contributed by atoms with van der Waals surface area (Å²) < 4.78 is 0. The van der Waals surface area contributed by atoms with Crippen LogP contribution < -0.4 is 10.2 Å². The van der Waals surface area contributed by atoms with Crippen molar-refractivity contribution in [1.82, 2.24) is 10.2 Å². The number of benzene rings is 3. The number of carbonyl (C=O) groups is 3. The molecular formula is C29H29Cl2N3O3. The van der Waals surface area contributed by atoms with Crippen molar-refractivity contribution in [3.05, 3.63) is 75.8 Å². The Morgan fingerprint density at radius 1 is 1.03 bits per heavy atom. The standard InChI is InChI=1S/C29H29Cl2N3O3/c1-2-24(28(36)32-19-10-3-4-11-19)33(16-21-22(30)13-7-14-23(21)31)26(35)17-34-25-15-6-9-18-8-5-12-20(27(18)25)29(34)37/h5-9,12-15,19,24H,2-4,10-11,16-17H2,1H3,(H,32,36)/t24-/m0/s1. The van der Waals surface area contributed by atoms with Gasteiger partial charge in [-0.1, -0.05) is 73.3 Å². The van der Waals surface area contributed by atoms with Gasteiger partial charge in [-0.2, -0.15) is 0 Å². The summed E-state index contributed by atoms with van der Waals surface area (Å²) in [7, 11) is 0. The van der Waals surface area contributed by atoms with Gasteiger partial charge >= 0.3 is 0 Å². The number of nitrogens with zero attached hydrogens (tertiary/aromatic N) is 2. The zero-order valence-electron chi connectivity index (χ0n) is 20.7. The highest BCUT2D eigenvalue weighted by molar-refractivity contribution is 6.36. The molecule has 3 aromatic rings. The summed E-state index contributed by atoms with van der Waals surface area (Å²) in [6, 6.07) is 15.8. The van der Waals surface area contributed by atoms with Crippen LogP contribution in [0.15, 0.2) is 54.6 Å². The van der Waals surface area contributed by atoms with Crippen LogP contribution in [0.25, 0.3) is 10.8 Å². The van der Waals surface area contributed by atoms with Gasteiger partial charge in [0.2, 0.25) is 11.8 Å². The van der Waals surface area contributed by atoms with E-state index in [1.54, 1.807) is 24.3 Å². The van der Waals surface area contributed by atoms with Crippen LogP contribution in [0.2, 0.25) is 10.0 Å². The van der Waals surface area contributed by atoms with E-state index in [1.165, 1.54) is 9.80 Å². The van der Waals surface area contributed by atoms with Crippen LogP contribution in [0, 0.1) is 0 Å². The molecule has 8 heteroatoms. The van der Waals surface area contributed by atoms with Gasteiger partial charge in [0.1, 0.15) is 12.6 Å². The van der Waals surface area contributed by atoms with E-state index in [2.05, 4.69) is 5.32 Å². The highest BCUT2D eigenvalue weighted by Gasteiger charge is 2.36. The average Bonchev–Trinajstić information content (AvgIpc) is 3.49. The minimum atomic E-state index is -0.726. The first-order valence-electron chi connectivity index (χ1n) is 12.8. The molecule has 0 bridgehead atoms. The summed E-state index contributed by atoms with van der Waals surface area (Å²) in [5, 5.41) is 5.76. The zero-order valence-corrected chi connectivity index (χ0v) is 22.2. The highest BCUT2D eigenvalue weighted by atomic mass is 35.5. The molecule has 0 radical (unpaired) electrons. The third kappa shape index (κ3) is 4.92. The highest BCUT2D eigenvalue weighted by Crippen LogP contribution is 2.37. The van der Waals surface area contributed by atoms with Crippen molar-refractivity contribution >= 4 is 57.4 Å². The lowest BCUT2D eigenvalue weighted by Crippen LogP contribution is -2.53. The van der Waals surface area contributed by atoms with Crippen molar-refractivity contribution in [3.8, 4) is 0 Å². The monoisotopic (exact) mass is 537 g/mol. The van der Waals surface area contributed by atoms with E-state index in [9.17, 15) is 14.4 Å². The van der Waals surface area contributed by atoms with Gasteiger partial charge in [-0.3, -0.25) is 19.3 Å². The quantitative estimate of drug-likeness (QED) is 0.384. The number of amides is 3. The molecule has 192 valence electrons. The molecule has 1 N–H and O–H groups in total. The molecule has 5 rings (SSSR count). The number of halogens is 2. The van der Waals surface area contributed by atoms with Crippen LogP contribution in [-0.2, 0) is 16.1 Å². The van der Waals surface area contributed by atoms with E-state index in [0.29, 0.717) is 33.3 Å². The van der Waals surface area contributed by atoms with E-state index in [1.807, 2.05) is 37.3 Å². The lowest BCUT2D eigenvalue weighted by molar-refractivity contribution is -0.140. The second-order valence-electron chi connectivity index (χ2n) is 9.71. The zero-order chi connectivity index (χ0) is 26.1. The largest absolute Gasteiger partial charge is 0.352 e. The smallest absolute Gasteiger partial charge is 0.259 e. The molecule has 1 aliphatic heterocycles. The summed E-state index contributed by atoms with van der Waals surface area (Å²) in [6.07, 6.45) is 4.47. The van der Waals surface area contributed by atoms with Gasteiger partial charge in [0.25, 0.3) is 5.91 Å². The Kier molecular flexibility index (Phi) is 7.40. The molecule has 0 aromatic heterocycles. The number of carbonyl (C=O) groups excluding carboxylic acids is 3. The van der Waals surface area contributed by atoms with Crippen LogP contribution in [0.4, 0.5) is 5.69 Å². The van der Waals surface area contributed by atoms with E-state index in [0.717, 1.165) is 36.5 Å². The van der Waals surface area contributed by atoms with Crippen molar-refractivity contribution in [3.63, 3.8) is 0 Å². The Balaban J connectivity index is 1.46. The molecule has 1 saturated carbocycles. The van der Waals surface area contributed by atoms with E-state index >= 15 is 0 Å². The fourth-order valence-electron chi connectivity index (χ4n) is 5.50. The van der Waals surface area contributed by atoms with Gasteiger partial charge in [-0.05, 0) is 48.9 Å². The molecule has 1 atom stereocenters. The van der Waals surface area contributed by atoms with E-state index < -0.39 is 6.04 Å². The van der Waals surface area contributed by atoms with Crippen LogP contribution in [0.1, 0.15) is 54.9 Å². The number of nitrogens with one attached hydrogen (secondary N) is 1. The third-order valence-electron chi connectivity index (χ3n) is 7.42. The Bertz CT molecular complexity index is 1340. The molecule has 1 aliphatic carbocycles. The van der Waals surface area contributed by atoms with Crippen molar-refractivity contribution < 1.29 is 14.4 Å². The maximum atomic E-state index is 13.9. The van der Waals surface area contributed by atoms with Crippen LogP contribution in [0.3, 0.4) is 0 Å². The van der Waals surface area contributed by atoms with E-state index in [4.69, 9.17) is 23.2 Å².